The molecule has 1 amide bonds. The van der Waals surface area contributed by atoms with E-state index in [1.807, 2.05) is 0 Å². The van der Waals surface area contributed by atoms with E-state index >= 15 is 0 Å². The summed E-state index contributed by atoms with van der Waals surface area (Å²) >= 11 is 0. The van der Waals surface area contributed by atoms with Crippen molar-refractivity contribution < 1.29 is 18.9 Å². The van der Waals surface area contributed by atoms with Gasteiger partial charge in [-0.3, -0.25) is 19.7 Å². The first-order valence-corrected chi connectivity index (χ1v) is 7.76. The monoisotopic (exact) mass is 350 g/mol. The highest BCUT2D eigenvalue weighted by Gasteiger charge is 2.15. The number of nitro groups is 1. The lowest BCUT2D eigenvalue weighted by atomic mass is 10.1. The zero-order valence-corrected chi connectivity index (χ0v) is 13.5. The molecule has 1 N–H and O–H groups in total. The number of nitrogens with zero attached hydrogens (tertiary/aromatic N) is 1. The largest absolute Gasteiger partial charge is 0.451 e. The van der Waals surface area contributed by atoms with Gasteiger partial charge < -0.3 is 9.73 Å². The maximum Gasteiger partial charge on any atom is 0.287 e. The highest BCUT2D eigenvalue weighted by molar-refractivity contribution is 6.01. The molecule has 0 aliphatic heterocycles. The van der Waals surface area contributed by atoms with Crippen molar-refractivity contribution in [2.45, 2.75) is 0 Å². The SMILES string of the molecule is O=C(CNC(=O)c1ccc(-c2cccc([N+](=O)[O-])c2)o1)c1ccccc1. The summed E-state index contributed by atoms with van der Waals surface area (Å²) in [6.07, 6.45) is 0. The minimum atomic E-state index is -0.536. The Hall–Kier alpha value is -3.74. The molecule has 0 aliphatic rings. The van der Waals surface area contributed by atoms with E-state index in [9.17, 15) is 19.7 Å². The van der Waals surface area contributed by atoms with Crippen LogP contribution in [0.25, 0.3) is 11.3 Å². The summed E-state index contributed by atoms with van der Waals surface area (Å²) in [5, 5.41) is 13.3. The topological polar surface area (TPSA) is 102 Å². The number of Topliss-reactive ketones (excluding diaryl/α,β-unsaturated/α-hetero) is 1. The van der Waals surface area contributed by atoms with Crippen molar-refractivity contribution >= 4 is 17.4 Å². The average molecular weight is 350 g/mol. The van der Waals surface area contributed by atoms with Gasteiger partial charge in [0.1, 0.15) is 5.76 Å². The third-order valence-corrected chi connectivity index (χ3v) is 3.68. The van der Waals surface area contributed by atoms with Gasteiger partial charge in [-0.15, -0.1) is 0 Å². The van der Waals surface area contributed by atoms with E-state index in [-0.39, 0.29) is 23.8 Å². The first-order valence-electron chi connectivity index (χ1n) is 7.76. The fourth-order valence-electron chi connectivity index (χ4n) is 2.36. The maximum atomic E-state index is 12.1. The number of nitro benzene ring substituents is 1. The number of hydrogen-bond donors (Lipinski definition) is 1. The maximum absolute atomic E-state index is 12.1. The molecule has 0 atom stereocenters. The highest BCUT2D eigenvalue weighted by Crippen LogP contribution is 2.25. The molecule has 3 aromatic rings. The van der Waals surface area contributed by atoms with Crippen molar-refractivity contribution in [3.8, 4) is 11.3 Å². The molecular weight excluding hydrogens is 336 g/mol. The number of non-ortho nitro benzene ring substituents is 1. The Morgan fingerprint density at radius 3 is 2.50 bits per heavy atom. The van der Waals surface area contributed by atoms with E-state index in [0.717, 1.165) is 0 Å². The molecule has 0 aliphatic carbocycles. The summed E-state index contributed by atoms with van der Waals surface area (Å²) in [4.78, 5) is 34.5. The molecule has 7 heteroatoms. The third kappa shape index (κ3) is 3.84. The molecule has 2 aromatic carbocycles. The van der Waals surface area contributed by atoms with Crippen molar-refractivity contribution in [3.05, 3.63) is 88.2 Å². The molecule has 0 bridgehead atoms. The van der Waals surface area contributed by atoms with E-state index in [0.29, 0.717) is 16.9 Å². The Labute approximate surface area is 148 Å². The Balaban J connectivity index is 1.67. The lowest BCUT2D eigenvalue weighted by Crippen LogP contribution is -2.29. The number of benzene rings is 2. The smallest absolute Gasteiger partial charge is 0.287 e. The second-order valence-electron chi connectivity index (χ2n) is 5.44. The average Bonchev–Trinajstić information content (AvgIpc) is 3.17. The summed E-state index contributed by atoms with van der Waals surface area (Å²) in [6.45, 7) is -0.157. The van der Waals surface area contributed by atoms with Gasteiger partial charge in [0.2, 0.25) is 0 Å². The number of amides is 1. The number of rotatable bonds is 6. The summed E-state index contributed by atoms with van der Waals surface area (Å²) in [7, 11) is 0. The molecule has 0 unspecified atom stereocenters. The van der Waals surface area contributed by atoms with Crippen molar-refractivity contribution in [2.24, 2.45) is 0 Å². The summed E-state index contributed by atoms with van der Waals surface area (Å²) in [6, 6.07) is 17.5. The molecule has 3 rings (SSSR count). The van der Waals surface area contributed by atoms with E-state index in [2.05, 4.69) is 5.32 Å². The summed E-state index contributed by atoms with van der Waals surface area (Å²) in [5.41, 5.74) is 0.918. The van der Waals surface area contributed by atoms with Crippen LogP contribution in [0.15, 0.2) is 71.1 Å². The minimum absolute atomic E-state index is 0.0207. The van der Waals surface area contributed by atoms with Gasteiger partial charge >= 0.3 is 0 Å². The van der Waals surface area contributed by atoms with Crippen LogP contribution in [0.5, 0.6) is 0 Å². The fraction of sp³-hybridized carbons (Fsp3) is 0.0526. The Bertz CT molecular complexity index is 963. The second-order valence-corrected chi connectivity index (χ2v) is 5.44. The van der Waals surface area contributed by atoms with E-state index < -0.39 is 10.8 Å². The molecule has 0 saturated heterocycles. The van der Waals surface area contributed by atoms with E-state index in [1.165, 1.54) is 24.3 Å². The van der Waals surface area contributed by atoms with Crippen molar-refractivity contribution in [1.29, 1.82) is 0 Å². The first kappa shape index (κ1) is 17.1. The third-order valence-electron chi connectivity index (χ3n) is 3.68. The normalized spacial score (nSPS) is 10.3. The molecule has 0 fully saturated rings. The number of nitrogens with one attached hydrogen (secondary N) is 1. The van der Waals surface area contributed by atoms with Gasteiger partial charge in [-0.25, -0.2) is 0 Å². The zero-order valence-electron chi connectivity index (χ0n) is 13.5. The molecule has 1 heterocycles. The highest BCUT2D eigenvalue weighted by atomic mass is 16.6. The number of carbonyl (C=O) groups is 2. The van der Waals surface area contributed by atoms with Crippen LogP contribution in [0.1, 0.15) is 20.9 Å². The van der Waals surface area contributed by atoms with Crippen LogP contribution in [0, 0.1) is 10.1 Å². The first-order chi connectivity index (χ1) is 12.5. The predicted molar refractivity (Wildman–Crippen MR) is 93.9 cm³/mol. The molecular formula is C19H14N2O5. The molecule has 130 valence electrons. The number of hydrogen-bond acceptors (Lipinski definition) is 5. The molecule has 0 spiro atoms. The fourth-order valence-corrected chi connectivity index (χ4v) is 2.36. The van der Waals surface area contributed by atoms with Crippen molar-refractivity contribution in [2.75, 3.05) is 6.54 Å². The van der Waals surface area contributed by atoms with Gasteiger partial charge in [0.25, 0.3) is 11.6 Å². The van der Waals surface area contributed by atoms with Crippen LogP contribution < -0.4 is 5.32 Å². The van der Waals surface area contributed by atoms with Crippen LogP contribution in [0.3, 0.4) is 0 Å². The van der Waals surface area contributed by atoms with Gasteiger partial charge in [0.15, 0.2) is 11.5 Å². The van der Waals surface area contributed by atoms with Crippen LogP contribution in [0.2, 0.25) is 0 Å². The van der Waals surface area contributed by atoms with Gasteiger partial charge in [-0.2, -0.15) is 0 Å². The van der Waals surface area contributed by atoms with Gasteiger partial charge in [-0.1, -0.05) is 42.5 Å². The molecule has 0 radical (unpaired) electrons. The van der Waals surface area contributed by atoms with Crippen molar-refractivity contribution in [3.63, 3.8) is 0 Å². The Morgan fingerprint density at radius 1 is 1.00 bits per heavy atom. The van der Waals surface area contributed by atoms with Crippen LogP contribution in [0.4, 0.5) is 5.69 Å². The lowest BCUT2D eigenvalue weighted by Gasteiger charge is -2.03. The zero-order chi connectivity index (χ0) is 18.5. The minimum Gasteiger partial charge on any atom is -0.451 e. The van der Waals surface area contributed by atoms with Gasteiger partial charge in [-0.05, 0) is 12.1 Å². The van der Waals surface area contributed by atoms with Crippen LogP contribution in [-0.4, -0.2) is 23.2 Å². The molecule has 26 heavy (non-hydrogen) atoms. The number of furan rings is 1. The molecule has 1 aromatic heterocycles. The van der Waals surface area contributed by atoms with Gasteiger partial charge in [0, 0.05) is 23.3 Å². The van der Waals surface area contributed by atoms with Crippen LogP contribution >= 0.6 is 0 Å². The predicted octanol–water partition coefficient (Wildman–Crippen LogP) is 3.47. The molecule has 0 saturated carbocycles. The van der Waals surface area contributed by atoms with Crippen LogP contribution in [-0.2, 0) is 0 Å². The quantitative estimate of drug-likeness (QED) is 0.416. The number of carbonyl (C=O) groups excluding carboxylic acids is 2. The standard InChI is InChI=1S/C19H14N2O5/c22-16(13-5-2-1-3-6-13)12-20-19(23)18-10-9-17(26-18)14-7-4-8-15(11-14)21(24)25/h1-11H,12H2,(H,20,23). The molecule has 7 nitrogen and oxygen atoms in total. The lowest BCUT2D eigenvalue weighted by molar-refractivity contribution is -0.384. The van der Waals surface area contributed by atoms with E-state index in [1.54, 1.807) is 42.5 Å². The van der Waals surface area contributed by atoms with Crippen molar-refractivity contribution in [1.82, 2.24) is 5.32 Å². The Kier molecular flexibility index (Phi) is 4.89. The number of ketones is 1. The summed E-state index contributed by atoms with van der Waals surface area (Å²) in [5.74, 6) is -0.407. The Morgan fingerprint density at radius 2 is 1.77 bits per heavy atom. The second kappa shape index (κ2) is 7.43. The summed E-state index contributed by atoms with van der Waals surface area (Å²) < 4.78 is 5.46. The van der Waals surface area contributed by atoms with Gasteiger partial charge in [0.05, 0.1) is 11.5 Å². The van der Waals surface area contributed by atoms with E-state index in [4.69, 9.17) is 4.42 Å².